The van der Waals surface area contributed by atoms with Gasteiger partial charge in [-0.25, -0.2) is 14.6 Å². The highest BCUT2D eigenvalue weighted by Crippen LogP contribution is 1.99. The summed E-state index contributed by atoms with van der Waals surface area (Å²) < 4.78 is 0. The molecule has 0 saturated heterocycles. The highest BCUT2D eigenvalue weighted by molar-refractivity contribution is 7.07. The molecule has 0 unspecified atom stereocenters. The lowest BCUT2D eigenvalue weighted by molar-refractivity contribution is -0.139. The van der Waals surface area contributed by atoms with Crippen molar-refractivity contribution in [3.63, 3.8) is 0 Å². The molecule has 112 valence electrons. The number of carboxylic acids is 1. The molecule has 2 aromatic heterocycles. The van der Waals surface area contributed by atoms with Crippen molar-refractivity contribution in [1.29, 1.82) is 0 Å². The van der Waals surface area contributed by atoms with Gasteiger partial charge in [-0.3, -0.25) is 4.79 Å². The van der Waals surface area contributed by atoms with E-state index in [0.29, 0.717) is 11.4 Å². The van der Waals surface area contributed by atoms with Gasteiger partial charge in [-0.2, -0.15) is 0 Å². The average Bonchev–Trinajstić information content (AvgIpc) is 3.07. The number of carbonyl (C=O) groups is 2. The number of rotatable bonds is 6. The first-order valence-electron chi connectivity index (χ1n) is 5.95. The van der Waals surface area contributed by atoms with E-state index in [1.165, 1.54) is 12.5 Å². The summed E-state index contributed by atoms with van der Waals surface area (Å²) in [6.45, 7) is 0.112. The van der Waals surface area contributed by atoms with Gasteiger partial charge in [-0.05, 0) is 0 Å². The molecule has 10 heteroatoms. The lowest BCUT2D eigenvalue weighted by Crippen LogP contribution is -2.47. The Morgan fingerprint density at radius 2 is 2.24 bits per heavy atom. The Morgan fingerprint density at radius 3 is 2.81 bits per heavy atom. The monoisotopic (exact) mass is 311 g/mol. The normalized spacial score (nSPS) is 11.8. The van der Waals surface area contributed by atoms with Crippen LogP contribution >= 0.6 is 11.3 Å². The van der Waals surface area contributed by atoms with E-state index in [2.05, 4.69) is 25.6 Å². The van der Waals surface area contributed by atoms with E-state index in [-0.39, 0.29) is 17.8 Å². The second-order valence-corrected chi connectivity index (χ2v) is 5.01. The molecule has 0 aromatic carbocycles. The van der Waals surface area contributed by atoms with E-state index in [1.54, 1.807) is 5.38 Å². The third-order valence-corrected chi connectivity index (χ3v) is 3.31. The van der Waals surface area contributed by atoms with Crippen molar-refractivity contribution in [2.24, 2.45) is 0 Å². The highest BCUT2D eigenvalue weighted by atomic mass is 32.1. The minimum Gasteiger partial charge on any atom is -0.480 e. The minimum absolute atomic E-state index is 0.0953. The molecule has 0 fully saturated rings. The van der Waals surface area contributed by atoms with Crippen LogP contribution in [0.1, 0.15) is 11.4 Å². The maximum atomic E-state index is 11.7. The molecule has 0 saturated carbocycles. The fraction of sp³-hybridized carbons (Fsp3) is 0.273. The van der Waals surface area contributed by atoms with Gasteiger partial charge in [-0.15, -0.1) is 0 Å². The maximum absolute atomic E-state index is 11.7. The molecule has 2 amide bonds. The number of aromatic nitrogens is 3. The number of urea groups is 1. The van der Waals surface area contributed by atoms with Crippen molar-refractivity contribution in [1.82, 2.24) is 25.6 Å². The van der Waals surface area contributed by atoms with E-state index in [1.807, 2.05) is 0 Å². The van der Waals surface area contributed by atoms with Crippen LogP contribution in [0.4, 0.5) is 4.79 Å². The fourth-order valence-corrected chi connectivity index (χ4v) is 2.18. The predicted molar refractivity (Wildman–Crippen MR) is 74.0 cm³/mol. The summed E-state index contributed by atoms with van der Waals surface area (Å²) >= 11 is 0.990. The number of hydrogen-bond acceptors (Lipinski definition) is 5. The van der Waals surface area contributed by atoms with Crippen LogP contribution in [0.2, 0.25) is 0 Å². The van der Waals surface area contributed by atoms with Crippen molar-refractivity contribution in [2.45, 2.75) is 19.0 Å². The van der Waals surface area contributed by atoms with Crippen molar-refractivity contribution in [3.05, 3.63) is 39.0 Å². The summed E-state index contributed by atoms with van der Waals surface area (Å²) in [5, 5.41) is 15.5. The molecule has 2 heterocycles. The lowest BCUT2D eigenvalue weighted by atomic mass is 10.2. The number of nitrogens with one attached hydrogen (secondary N) is 4. The highest BCUT2D eigenvalue weighted by Gasteiger charge is 2.20. The van der Waals surface area contributed by atoms with E-state index in [0.717, 1.165) is 11.3 Å². The summed E-state index contributed by atoms with van der Waals surface area (Å²) in [4.78, 5) is 42.6. The Kier molecular flexibility index (Phi) is 4.72. The Bertz CT molecular complexity index is 662. The zero-order valence-corrected chi connectivity index (χ0v) is 11.6. The number of carboxylic acid groups (broad SMARTS) is 1. The van der Waals surface area contributed by atoms with Crippen molar-refractivity contribution in [2.75, 3.05) is 0 Å². The number of amides is 2. The Labute approximate surface area is 122 Å². The largest absolute Gasteiger partial charge is 0.480 e. The third kappa shape index (κ3) is 4.45. The third-order valence-electron chi connectivity index (χ3n) is 2.59. The van der Waals surface area contributed by atoms with Crippen LogP contribution in [-0.2, 0) is 17.8 Å². The van der Waals surface area contributed by atoms with Gasteiger partial charge in [0.25, 0.3) is 0 Å². The molecule has 0 spiro atoms. The number of H-pyrrole nitrogens is 2. The molecule has 0 radical (unpaired) electrons. The molecule has 0 aliphatic rings. The summed E-state index contributed by atoms with van der Waals surface area (Å²) in [5.74, 6) is -1.15. The van der Waals surface area contributed by atoms with Gasteiger partial charge in [0.05, 0.1) is 12.9 Å². The second kappa shape index (κ2) is 6.70. The number of aromatic amines is 2. The zero-order valence-electron chi connectivity index (χ0n) is 10.8. The molecular formula is C11H13N5O4S. The Hall–Kier alpha value is -2.62. The van der Waals surface area contributed by atoms with Gasteiger partial charge in [0, 0.05) is 29.4 Å². The standard InChI is InChI=1S/C11H13N5O4S/c17-9(18)8(1-6-2-12-5-14-6)16-10(19)13-3-7-4-21-11(20)15-7/h2,4-5,8H,1,3H2,(H,12,14)(H,15,20)(H,17,18)(H2,13,16,19)/t8-/m0/s1. The summed E-state index contributed by atoms with van der Waals surface area (Å²) in [5.41, 5.74) is 1.16. The van der Waals surface area contributed by atoms with Gasteiger partial charge in [0.15, 0.2) is 0 Å². The molecule has 0 aliphatic carbocycles. The van der Waals surface area contributed by atoms with E-state index in [4.69, 9.17) is 5.11 Å². The van der Waals surface area contributed by atoms with Crippen LogP contribution in [0.15, 0.2) is 22.7 Å². The number of thiazole rings is 1. The molecule has 0 bridgehead atoms. The van der Waals surface area contributed by atoms with Gasteiger partial charge in [-0.1, -0.05) is 11.3 Å². The number of hydrogen-bond donors (Lipinski definition) is 5. The van der Waals surface area contributed by atoms with Gasteiger partial charge >= 0.3 is 16.9 Å². The molecule has 1 atom stereocenters. The Balaban J connectivity index is 1.86. The maximum Gasteiger partial charge on any atom is 0.326 e. The van der Waals surface area contributed by atoms with Crippen LogP contribution in [0.5, 0.6) is 0 Å². The topological polar surface area (TPSA) is 140 Å². The predicted octanol–water partition coefficient (Wildman–Crippen LogP) is -0.345. The number of nitrogens with zero attached hydrogens (tertiary/aromatic N) is 1. The molecule has 21 heavy (non-hydrogen) atoms. The van der Waals surface area contributed by atoms with E-state index >= 15 is 0 Å². The number of imidazole rings is 1. The minimum atomic E-state index is -1.15. The van der Waals surface area contributed by atoms with Crippen molar-refractivity contribution >= 4 is 23.3 Å². The van der Waals surface area contributed by atoms with Crippen LogP contribution < -0.4 is 15.5 Å². The van der Waals surface area contributed by atoms with Gasteiger partial charge in [0.1, 0.15) is 6.04 Å². The molecule has 5 N–H and O–H groups in total. The smallest absolute Gasteiger partial charge is 0.326 e. The second-order valence-electron chi connectivity index (χ2n) is 4.17. The molecule has 2 aromatic rings. The van der Waals surface area contributed by atoms with Gasteiger partial charge < -0.3 is 25.7 Å². The van der Waals surface area contributed by atoms with E-state index < -0.39 is 18.0 Å². The number of carbonyl (C=O) groups excluding carboxylic acids is 1. The van der Waals surface area contributed by atoms with Gasteiger partial charge in [0.2, 0.25) is 0 Å². The molecule has 9 nitrogen and oxygen atoms in total. The molecular weight excluding hydrogens is 298 g/mol. The fourth-order valence-electron chi connectivity index (χ4n) is 1.60. The van der Waals surface area contributed by atoms with E-state index in [9.17, 15) is 14.4 Å². The van der Waals surface area contributed by atoms with Crippen LogP contribution in [0.25, 0.3) is 0 Å². The summed E-state index contributed by atoms with van der Waals surface area (Å²) in [6.07, 6.45) is 3.02. The average molecular weight is 311 g/mol. The first-order chi connectivity index (χ1) is 10.0. The summed E-state index contributed by atoms with van der Waals surface area (Å²) in [7, 11) is 0. The van der Waals surface area contributed by atoms with Crippen LogP contribution in [-0.4, -0.2) is 38.1 Å². The van der Waals surface area contributed by atoms with Crippen LogP contribution in [0.3, 0.4) is 0 Å². The lowest BCUT2D eigenvalue weighted by Gasteiger charge is -2.14. The molecule has 0 aliphatic heterocycles. The Morgan fingerprint density at radius 1 is 1.43 bits per heavy atom. The zero-order chi connectivity index (χ0) is 15.2. The number of aliphatic carboxylic acids is 1. The van der Waals surface area contributed by atoms with Crippen LogP contribution in [0, 0.1) is 0 Å². The first-order valence-corrected chi connectivity index (χ1v) is 6.83. The van der Waals surface area contributed by atoms with Crippen molar-refractivity contribution in [3.8, 4) is 0 Å². The quantitative estimate of drug-likeness (QED) is 0.496. The SMILES string of the molecule is O=C(NCc1csc(=O)[nH]1)N[C@@H](Cc1cnc[nH]1)C(=O)O. The summed E-state index contributed by atoms with van der Waals surface area (Å²) in [6, 6.07) is -1.71. The van der Waals surface area contributed by atoms with Crippen molar-refractivity contribution < 1.29 is 14.7 Å². The first kappa shape index (κ1) is 14.8. The molecule has 2 rings (SSSR count).